The molecule has 3 nitrogen and oxygen atoms in total. The number of nitrogens with zero attached hydrogens (tertiary/aromatic N) is 2. The first-order valence-corrected chi connectivity index (χ1v) is 8.21. The first kappa shape index (κ1) is 15.3. The van der Waals surface area contributed by atoms with Crippen molar-refractivity contribution >= 4 is 0 Å². The molecular formula is C16H32N2O. The van der Waals surface area contributed by atoms with Crippen molar-refractivity contribution in [3.8, 4) is 0 Å². The van der Waals surface area contributed by atoms with Gasteiger partial charge in [-0.05, 0) is 52.6 Å². The fourth-order valence-corrected chi connectivity index (χ4v) is 3.17. The van der Waals surface area contributed by atoms with Gasteiger partial charge in [-0.1, -0.05) is 13.3 Å². The van der Waals surface area contributed by atoms with Crippen molar-refractivity contribution in [2.24, 2.45) is 0 Å². The average Bonchev–Trinajstić information content (AvgIpc) is 2.90. The Kier molecular flexibility index (Phi) is 5.67. The molecule has 0 aliphatic carbocycles. The van der Waals surface area contributed by atoms with Crippen LogP contribution in [0.4, 0.5) is 0 Å². The van der Waals surface area contributed by atoms with Crippen LogP contribution in [-0.4, -0.2) is 60.8 Å². The monoisotopic (exact) mass is 268 g/mol. The van der Waals surface area contributed by atoms with Crippen LogP contribution in [0.1, 0.15) is 52.9 Å². The molecule has 3 heteroatoms. The van der Waals surface area contributed by atoms with E-state index in [4.69, 9.17) is 4.74 Å². The van der Waals surface area contributed by atoms with E-state index in [0.717, 1.165) is 19.7 Å². The number of piperidine rings is 1. The Labute approximate surface area is 119 Å². The lowest BCUT2D eigenvalue weighted by molar-refractivity contribution is 0.0306. The summed E-state index contributed by atoms with van der Waals surface area (Å²) in [6, 6.07) is 0. The maximum atomic E-state index is 6.09. The second-order valence-electron chi connectivity index (χ2n) is 6.80. The van der Waals surface area contributed by atoms with Gasteiger partial charge in [0, 0.05) is 25.2 Å². The number of likely N-dealkylation sites (tertiary alicyclic amines) is 2. The zero-order valence-corrected chi connectivity index (χ0v) is 13.2. The molecule has 112 valence electrons. The Bertz CT molecular complexity index is 261. The van der Waals surface area contributed by atoms with Gasteiger partial charge >= 0.3 is 0 Å². The summed E-state index contributed by atoms with van der Waals surface area (Å²) in [4.78, 5) is 5.16. The van der Waals surface area contributed by atoms with Crippen LogP contribution in [0, 0.1) is 0 Å². The lowest BCUT2D eigenvalue weighted by Gasteiger charge is -2.34. The van der Waals surface area contributed by atoms with Crippen molar-refractivity contribution in [3.63, 3.8) is 0 Å². The predicted molar refractivity (Wildman–Crippen MR) is 80.6 cm³/mol. The fourth-order valence-electron chi connectivity index (χ4n) is 3.17. The normalized spacial score (nSPS) is 27.0. The number of rotatable bonds is 6. The van der Waals surface area contributed by atoms with E-state index in [1.807, 2.05) is 0 Å². The molecule has 0 radical (unpaired) electrons. The third kappa shape index (κ3) is 4.44. The smallest absolute Gasteiger partial charge is 0.0715 e. The van der Waals surface area contributed by atoms with Gasteiger partial charge in [0.05, 0.1) is 12.7 Å². The zero-order valence-electron chi connectivity index (χ0n) is 13.2. The Balaban J connectivity index is 1.62. The van der Waals surface area contributed by atoms with Crippen molar-refractivity contribution < 1.29 is 4.74 Å². The van der Waals surface area contributed by atoms with E-state index in [2.05, 4.69) is 30.6 Å². The highest BCUT2D eigenvalue weighted by Crippen LogP contribution is 2.25. The van der Waals surface area contributed by atoms with Crippen LogP contribution in [0.25, 0.3) is 0 Å². The molecule has 2 aliphatic heterocycles. The van der Waals surface area contributed by atoms with Gasteiger partial charge in [0.15, 0.2) is 0 Å². The van der Waals surface area contributed by atoms with Gasteiger partial charge in [0.1, 0.15) is 0 Å². The highest BCUT2D eigenvalue weighted by atomic mass is 16.5. The summed E-state index contributed by atoms with van der Waals surface area (Å²) in [6.45, 7) is 13.9. The molecule has 0 amide bonds. The topological polar surface area (TPSA) is 15.7 Å². The number of ether oxygens (including phenoxy) is 1. The molecule has 0 N–H and O–H groups in total. The average molecular weight is 268 g/mol. The Morgan fingerprint density at radius 1 is 1.11 bits per heavy atom. The van der Waals surface area contributed by atoms with Gasteiger partial charge in [0.2, 0.25) is 0 Å². The van der Waals surface area contributed by atoms with Gasteiger partial charge in [0.25, 0.3) is 0 Å². The molecule has 2 heterocycles. The lowest BCUT2D eigenvalue weighted by Crippen LogP contribution is -2.42. The van der Waals surface area contributed by atoms with E-state index < -0.39 is 0 Å². The van der Waals surface area contributed by atoms with E-state index in [0.29, 0.717) is 11.6 Å². The molecule has 2 rings (SSSR count). The molecule has 0 aromatic rings. The van der Waals surface area contributed by atoms with Crippen LogP contribution >= 0.6 is 0 Å². The third-order valence-corrected chi connectivity index (χ3v) is 5.08. The first-order chi connectivity index (χ1) is 9.12. The number of hydrogen-bond donors (Lipinski definition) is 0. The van der Waals surface area contributed by atoms with Gasteiger partial charge in [-0.15, -0.1) is 0 Å². The van der Waals surface area contributed by atoms with Crippen molar-refractivity contribution in [1.82, 2.24) is 9.80 Å². The van der Waals surface area contributed by atoms with Crippen molar-refractivity contribution in [2.45, 2.75) is 64.5 Å². The summed E-state index contributed by atoms with van der Waals surface area (Å²) in [5.41, 5.74) is 0.338. The summed E-state index contributed by atoms with van der Waals surface area (Å²) >= 11 is 0. The summed E-state index contributed by atoms with van der Waals surface area (Å²) in [7, 11) is 0. The largest absolute Gasteiger partial charge is 0.376 e. The summed E-state index contributed by atoms with van der Waals surface area (Å²) < 4.78 is 6.09. The van der Waals surface area contributed by atoms with Crippen LogP contribution in [0.2, 0.25) is 0 Å². The molecule has 2 aliphatic rings. The van der Waals surface area contributed by atoms with Gasteiger partial charge in [-0.3, -0.25) is 4.90 Å². The van der Waals surface area contributed by atoms with Gasteiger partial charge < -0.3 is 9.64 Å². The van der Waals surface area contributed by atoms with E-state index >= 15 is 0 Å². The Morgan fingerprint density at radius 2 is 1.84 bits per heavy atom. The summed E-state index contributed by atoms with van der Waals surface area (Å²) in [5, 5.41) is 0. The van der Waals surface area contributed by atoms with Crippen LogP contribution in [0.3, 0.4) is 0 Å². The minimum atomic E-state index is 0.338. The van der Waals surface area contributed by atoms with Crippen molar-refractivity contribution in [3.05, 3.63) is 0 Å². The maximum absolute atomic E-state index is 6.09. The second-order valence-corrected chi connectivity index (χ2v) is 6.80. The zero-order chi connectivity index (χ0) is 13.7. The minimum Gasteiger partial charge on any atom is -0.376 e. The van der Waals surface area contributed by atoms with E-state index in [1.54, 1.807) is 0 Å². The van der Waals surface area contributed by atoms with Gasteiger partial charge in [-0.25, -0.2) is 0 Å². The lowest BCUT2D eigenvalue weighted by atomic mass is 10.0. The standard InChI is InChI=1S/C16H32N2O/c1-4-16(2,3)18-11-8-15(14-18)19-13-12-17-9-6-5-7-10-17/h15H,4-14H2,1-3H3. The minimum absolute atomic E-state index is 0.338. The van der Waals surface area contributed by atoms with Crippen LogP contribution < -0.4 is 0 Å². The second kappa shape index (κ2) is 7.05. The highest BCUT2D eigenvalue weighted by Gasteiger charge is 2.32. The van der Waals surface area contributed by atoms with Crippen molar-refractivity contribution in [2.75, 3.05) is 39.3 Å². The molecule has 1 atom stereocenters. The molecule has 2 fully saturated rings. The molecule has 0 aromatic heterocycles. The highest BCUT2D eigenvalue weighted by molar-refractivity contribution is 4.87. The first-order valence-electron chi connectivity index (χ1n) is 8.21. The van der Waals surface area contributed by atoms with E-state index in [-0.39, 0.29) is 0 Å². The molecule has 0 bridgehead atoms. The van der Waals surface area contributed by atoms with Gasteiger partial charge in [-0.2, -0.15) is 0 Å². The Hall–Kier alpha value is -0.120. The quantitative estimate of drug-likeness (QED) is 0.737. The molecule has 0 saturated carbocycles. The van der Waals surface area contributed by atoms with E-state index in [1.165, 1.54) is 51.7 Å². The predicted octanol–water partition coefficient (Wildman–Crippen LogP) is 2.75. The molecular weight excluding hydrogens is 236 g/mol. The number of hydrogen-bond acceptors (Lipinski definition) is 3. The molecule has 1 unspecified atom stereocenters. The maximum Gasteiger partial charge on any atom is 0.0715 e. The third-order valence-electron chi connectivity index (χ3n) is 5.08. The van der Waals surface area contributed by atoms with E-state index in [9.17, 15) is 0 Å². The van der Waals surface area contributed by atoms with Crippen LogP contribution in [0.15, 0.2) is 0 Å². The summed E-state index contributed by atoms with van der Waals surface area (Å²) in [6.07, 6.45) is 7.07. The van der Waals surface area contributed by atoms with Crippen LogP contribution in [0.5, 0.6) is 0 Å². The molecule has 0 aromatic carbocycles. The molecule has 2 saturated heterocycles. The van der Waals surface area contributed by atoms with Crippen LogP contribution in [-0.2, 0) is 4.74 Å². The van der Waals surface area contributed by atoms with Crippen molar-refractivity contribution in [1.29, 1.82) is 0 Å². The molecule has 19 heavy (non-hydrogen) atoms. The Morgan fingerprint density at radius 3 is 2.53 bits per heavy atom. The SMILES string of the molecule is CCC(C)(C)N1CCC(OCCN2CCCCC2)C1. The molecule has 0 spiro atoms. The summed E-state index contributed by atoms with van der Waals surface area (Å²) in [5.74, 6) is 0. The fraction of sp³-hybridized carbons (Fsp3) is 1.00.